The van der Waals surface area contributed by atoms with Crippen LogP contribution in [0.25, 0.3) is 5.69 Å². The number of rotatable bonds is 7. The predicted octanol–water partition coefficient (Wildman–Crippen LogP) is 4.27. The molecule has 0 fully saturated rings. The number of nitrogens with zero attached hydrogens (tertiary/aromatic N) is 2. The van der Waals surface area contributed by atoms with Gasteiger partial charge in [0.1, 0.15) is 16.5 Å². The highest BCUT2D eigenvalue weighted by molar-refractivity contribution is 6.33. The third-order valence-corrected chi connectivity index (χ3v) is 4.38. The van der Waals surface area contributed by atoms with Crippen molar-refractivity contribution in [3.63, 3.8) is 0 Å². The van der Waals surface area contributed by atoms with Crippen LogP contribution in [0.2, 0.25) is 5.15 Å². The average molecular weight is 399 g/mol. The van der Waals surface area contributed by atoms with Crippen molar-refractivity contribution in [3.8, 4) is 11.4 Å². The van der Waals surface area contributed by atoms with Gasteiger partial charge in [0.2, 0.25) is 0 Å². The number of carbonyl (C=O) groups excluding carboxylic acids is 2. The fraction of sp³-hybridized carbons (Fsp3) is 0.190. The number of esters is 1. The second-order valence-corrected chi connectivity index (χ2v) is 6.31. The van der Waals surface area contributed by atoms with Gasteiger partial charge in [-0.3, -0.25) is 4.79 Å². The molecule has 28 heavy (non-hydrogen) atoms. The van der Waals surface area contributed by atoms with Gasteiger partial charge in [-0.2, -0.15) is 5.10 Å². The molecule has 1 heterocycles. The van der Waals surface area contributed by atoms with Crippen LogP contribution in [0.3, 0.4) is 0 Å². The molecule has 0 aliphatic carbocycles. The second kappa shape index (κ2) is 8.71. The zero-order chi connectivity index (χ0) is 20.1. The van der Waals surface area contributed by atoms with Gasteiger partial charge in [0, 0.05) is 5.56 Å². The van der Waals surface area contributed by atoms with Gasteiger partial charge in [0.15, 0.2) is 12.4 Å². The van der Waals surface area contributed by atoms with Crippen molar-refractivity contribution in [3.05, 3.63) is 76.6 Å². The zero-order valence-corrected chi connectivity index (χ0v) is 16.3. The SMILES string of the molecule is CCOc1ccc(C(=O)COC(=O)c2c(C)nn(-c3ccccc3)c2Cl)cc1. The van der Waals surface area contributed by atoms with E-state index in [9.17, 15) is 9.59 Å². The lowest BCUT2D eigenvalue weighted by molar-refractivity contribution is 0.0474. The van der Waals surface area contributed by atoms with E-state index in [1.807, 2.05) is 37.3 Å². The standard InChI is InChI=1S/C21H19ClN2O4/c1-3-27-17-11-9-15(10-12-17)18(25)13-28-21(26)19-14(2)23-24(20(19)22)16-7-5-4-6-8-16/h4-12H,3,13H2,1-2H3. The van der Waals surface area contributed by atoms with Crippen molar-refractivity contribution in [1.29, 1.82) is 0 Å². The Labute approximate surface area is 167 Å². The summed E-state index contributed by atoms with van der Waals surface area (Å²) in [5, 5.41) is 4.44. The van der Waals surface area contributed by atoms with Crippen molar-refractivity contribution in [2.24, 2.45) is 0 Å². The van der Waals surface area contributed by atoms with Crippen LogP contribution in [0.4, 0.5) is 0 Å². The second-order valence-electron chi connectivity index (χ2n) is 5.96. The van der Waals surface area contributed by atoms with Gasteiger partial charge in [0.05, 0.1) is 18.0 Å². The Bertz CT molecular complexity index is 982. The minimum atomic E-state index is -0.691. The van der Waals surface area contributed by atoms with Gasteiger partial charge >= 0.3 is 5.97 Å². The number of aromatic nitrogens is 2. The van der Waals surface area contributed by atoms with Crippen LogP contribution in [0.15, 0.2) is 54.6 Å². The summed E-state index contributed by atoms with van der Waals surface area (Å²) >= 11 is 6.34. The molecular weight excluding hydrogens is 380 g/mol. The third kappa shape index (κ3) is 4.23. The maximum atomic E-state index is 12.5. The Balaban J connectivity index is 1.70. The summed E-state index contributed by atoms with van der Waals surface area (Å²) in [5.41, 5.74) is 1.72. The van der Waals surface area contributed by atoms with Crippen molar-refractivity contribution in [2.45, 2.75) is 13.8 Å². The van der Waals surface area contributed by atoms with E-state index in [0.29, 0.717) is 23.6 Å². The molecule has 1 aromatic heterocycles. The molecule has 0 N–H and O–H groups in total. The quantitative estimate of drug-likeness (QED) is 0.439. The number of benzene rings is 2. The minimum absolute atomic E-state index is 0.141. The summed E-state index contributed by atoms with van der Waals surface area (Å²) in [7, 11) is 0. The number of Topliss-reactive ketones (excluding diaryl/α,β-unsaturated/α-hetero) is 1. The maximum absolute atomic E-state index is 12.5. The monoisotopic (exact) mass is 398 g/mol. The van der Waals surface area contributed by atoms with Crippen LogP contribution in [0.1, 0.15) is 33.3 Å². The summed E-state index contributed by atoms with van der Waals surface area (Å²) in [6, 6.07) is 15.9. The molecule has 0 amide bonds. The summed E-state index contributed by atoms with van der Waals surface area (Å²) in [6.07, 6.45) is 0. The number of carbonyl (C=O) groups is 2. The topological polar surface area (TPSA) is 70.4 Å². The highest BCUT2D eigenvalue weighted by Crippen LogP contribution is 2.24. The van der Waals surface area contributed by atoms with Crippen molar-refractivity contribution >= 4 is 23.4 Å². The first kappa shape index (κ1) is 19.6. The fourth-order valence-corrected chi connectivity index (χ4v) is 3.01. The van der Waals surface area contributed by atoms with Crippen molar-refractivity contribution in [1.82, 2.24) is 9.78 Å². The van der Waals surface area contributed by atoms with Gasteiger partial charge in [0.25, 0.3) is 0 Å². The Hall–Kier alpha value is -3.12. The lowest BCUT2D eigenvalue weighted by atomic mass is 10.1. The zero-order valence-electron chi connectivity index (χ0n) is 15.5. The highest BCUT2D eigenvalue weighted by atomic mass is 35.5. The molecule has 0 unspecified atom stereocenters. The number of para-hydroxylation sites is 1. The summed E-state index contributed by atoms with van der Waals surface area (Å²) < 4.78 is 12.0. The minimum Gasteiger partial charge on any atom is -0.494 e. The van der Waals surface area contributed by atoms with Crippen molar-refractivity contribution in [2.75, 3.05) is 13.2 Å². The maximum Gasteiger partial charge on any atom is 0.343 e. The number of hydrogen-bond donors (Lipinski definition) is 0. The number of aryl methyl sites for hydroxylation is 1. The fourth-order valence-electron chi connectivity index (χ4n) is 2.66. The number of ketones is 1. The van der Waals surface area contributed by atoms with Gasteiger partial charge in [-0.1, -0.05) is 29.8 Å². The summed E-state index contributed by atoms with van der Waals surface area (Å²) in [5.74, 6) is -0.337. The van der Waals surface area contributed by atoms with E-state index in [1.54, 1.807) is 31.2 Å². The molecule has 2 aromatic carbocycles. The van der Waals surface area contributed by atoms with Crippen LogP contribution in [-0.2, 0) is 4.74 Å². The van der Waals surface area contributed by atoms with E-state index in [4.69, 9.17) is 21.1 Å². The molecular formula is C21H19ClN2O4. The Morgan fingerprint density at radius 3 is 2.39 bits per heavy atom. The Morgan fingerprint density at radius 2 is 1.75 bits per heavy atom. The Kier molecular flexibility index (Phi) is 6.11. The first-order valence-corrected chi connectivity index (χ1v) is 9.12. The van der Waals surface area contributed by atoms with Crippen LogP contribution >= 0.6 is 11.6 Å². The molecule has 0 bridgehead atoms. The van der Waals surface area contributed by atoms with Gasteiger partial charge in [-0.15, -0.1) is 0 Å². The van der Waals surface area contributed by atoms with Crippen molar-refractivity contribution < 1.29 is 19.1 Å². The number of ether oxygens (including phenoxy) is 2. The first-order chi connectivity index (χ1) is 13.5. The van der Waals surface area contributed by atoms with Gasteiger partial charge in [-0.05, 0) is 50.2 Å². The lowest BCUT2D eigenvalue weighted by Crippen LogP contribution is -2.15. The lowest BCUT2D eigenvalue weighted by Gasteiger charge is -2.06. The first-order valence-electron chi connectivity index (χ1n) is 8.75. The molecule has 6 nitrogen and oxygen atoms in total. The predicted molar refractivity (Wildman–Crippen MR) is 106 cm³/mol. The molecule has 0 saturated carbocycles. The van der Waals surface area contributed by atoms with Crippen LogP contribution < -0.4 is 4.74 Å². The van der Waals surface area contributed by atoms with E-state index in [1.165, 1.54) is 4.68 Å². The average Bonchev–Trinajstić information content (AvgIpc) is 3.01. The van der Waals surface area contributed by atoms with E-state index in [0.717, 1.165) is 5.69 Å². The van der Waals surface area contributed by atoms with E-state index < -0.39 is 5.97 Å². The molecule has 0 aliphatic heterocycles. The van der Waals surface area contributed by atoms with Crippen LogP contribution in [0.5, 0.6) is 5.75 Å². The molecule has 0 atom stereocenters. The summed E-state index contributed by atoms with van der Waals surface area (Å²) in [6.45, 7) is 3.70. The van der Waals surface area contributed by atoms with E-state index in [-0.39, 0.29) is 23.1 Å². The molecule has 3 rings (SSSR count). The molecule has 0 aliphatic rings. The van der Waals surface area contributed by atoms with Gasteiger partial charge in [-0.25, -0.2) is 9.48 Å². The molecule has 0 saturated heterocycles. The number of halogens is 1. The van der Waals surface area contributed by atoms with E-state index in [2.05, 4.69) is 5.10 Å². The van der Waals surface area contributed by atoms with Crippen LogP contribution in [-0.4, -0.2) is 34.7 Å². The van der Waals surface area contributed by atoms with E-state index >= 15 is 0 Å². The summed E-state index contributed by atoms with van der Waals surface area (Å²) in [4.78, 5) is 24.7. The highest BCUT2D eigenvalue weighted by Gasteiger charge is 2.23. The molecule has 3 aromatic rings. The largest absolute Gasteiger partial charge is 0.494 e. The molecule has 0 spiro atoms. The van der Waals surface area contributed by atoms with Crippen LogP contribution in [0, 0.1) is 6.92 Å². The molecule has 144 valence electrons. The Morgan fingerprint density at radius 1 is 1.07 bits per heavy atom. The normalized spacial score (nSPS) is 10.5. The third-order valence-electron chi connectivity index (χ3n) is 4.03. The molecule has 0 radical (unpaired) electrons. The smallest absolute Gasteiger partial charge is 0.343 e. The van der Waals surface area contributed by atoms with Gasteiger partial charge < -0.3 is 9.47 Å². The molecule has 7 heteroatoms. The number of hydrogen-bond acceptors (Lipinski definition) is 5.